The summed E-state index contributed by atoms with van der Waals surface area (Å²) in [5.74, 6) is 1.22. The Morgan fingerprint density at radius 1 is 1.29 bits per heavy atom. The normalized spacial score (nSPS) is 21.2. The first-order valence-corrected chi connectivity index (χ1v) is 7.80. The van der Waals surface area contributed by atoms with Crippen molar-refractivity contribution in [2.45, 2.75) is 32.7 Å². The maximum Gasteiger partial charge on any atom is 0.257 e. The molecule has 1 aliphatic heterocycles. The van der Waals surface area contributed by atoms with Crippen molar-refractivity contribution in [3.05, 3.63) is 29.8 Å². The van der Waals surface area contributed by atoms with Crippen molar-refractivity contribution < 1.29 is 9.53 Å². The predicted molar refractivity (Wildman–Crippen MR) is 84.8 cm³/mol. The number of para-hydroxylation sites is 1. The van der Waals surface area contributed by atoms with Crippen LogP contribution in [0.5, 0.6) is 5.75 Å². The van der Waals surface area contributed by atoms with E-state index in [9.17, 15) is 4.79 Å². The van der Waals surface area contributed by atoms with Crippen LogP contribution in [-0.4, -0.2) is 43.6 Å². The topological polar surface area (TPSA) is 41.6 Å². The maximum absolute atomic E-state index is 12.5. The van der Waals surface area contributed by atoms with Crippen molar-refractivity contribution >= 4 is 5.91 Å². The van der Waals surface area contributed by atoms with Crippen LogP contribution in [0.15, 0.2) is 24.3 Å². The van der Waals surface area contributed by atoms with Crippen LogP contribution in [0.3, 0.4) is 0 Å². The van der Waals surface area contributed by atoms with Gasteiger partial charge in [-0.2, -0.15) is 0 Å². The summed E-state index contributed by atoms with van der Waals surface area (Å²) in [6.07, 6.45) is 2.09. The molecule has 1 atom stereocenters. The fourth-order valence-corrected chi connectivity index (χ4v) is 2.50. The van der Waals surface area contributed by atoms with Gasteiger partial charge in [-0.25, -0.2) is 0 Å². The predicted octanol–water partition coefficient (Wildman–Crippen LogP) is 2.55. The minimum absolute atomic E-state index is 0.0419. The van der Waals surface area contributed by atoms with Gasteiger partial charge in [0.05, 0.1) is 5.56 Å². The Kier molecular flexibility index (Phi) is 5.62. The lowest BCUT2D eigenvalue weighted by Crippen LogP contribution is -2.40. The molecule has 0 unspecified atom stereocenters. The third-order valence-electron chi connectivity index (χ3n) is 4.01. The van der Waals surface area contributed by atoms with Crippen LogP contribution in [0.4, 0.5) is 0 Å². The Balaban J connectivity index is 2.22. The molecule has 0 spiro atoms. The van der Waals surface area contributed by atoms with Gasteiger partial charge >= 0.3 is 0 Å². The van der Waals surface area contributed by atoms with E-state index < -0.39 is 0 Å². The van der Waals surface area contributed by atoms with E-state index in [1.54, 1.807) is 4.90 Å². The standard InChI is InChI=1S/C17H26N2O2/c1-13(2)15-12-21-16-9-5-4-8-14(16)17(20)19(3)11-7-6-10-18-15/h4-5,8-9,13,15,18H,6-7,10-12H2,1-3H3/t15-/m1/s1. The van der Waals surface area contributed by atoms with Crippen molar-refractivity contribution in [1.29, 1.82) is 0 Å². The van der Waals surface area contributed by atoms with Crippen LogP contribution in [-0.2, 0) is 0 Å². The van der Waals surface area contributed by atoms with Crippen molar-refractivity contribution in [3.8, 4) is 5.75 Å². The van der Waals surface area contributed by atoms with Crippen molar-refractivity contribution in [2.24, 2.45) is 5.92 Å². The fourth-order valence-electron chi connectivity index (χ4n) is 2.50. The second kappa shape index (κ2) is 7.46. The van der Waals surface area contributed by atoms with Crippen LogP contribution < -0.4 is 10.1 Å². The molecule has 21 heavy (non-hydrogen) atoms. The van der Waals surface area contributed by atoms with E-state index in [1.165, 1.54) is 0 Å². The number of hydrogen-bond donors (Lipinski definition) is 1. The Labute approximate surface area is 127 Å². The second-order valence-corrected chi connectivity index (χ2v) is 6.05. The average molecular weight is 290 g/mol. The SMILES string of the molecule is CC(C)[C@H]1COc2ccccc2C(=O)N(C)CCCCN1. The molecule has 0 radical (unpaired) electrons. The zero-order chi connectivity index (χ0) is 15.2. The summed E-state index contributed by atoms with van der Waals surface area (Å²) >= 11 is 0. The second-order valence-electron chi connectivity index (χ2n) is 6.05. The fraction of sp³-hybridized carbons (Fsp3) is 0.588. The van der Waals surface area contributed by atoms with E-state index in [2.05, 4.69) is 19.2 Å². The molecule has 0 fully saturated rings. The molecule has 4 nitrogen and oxygen atoms in total. The Morgan fingerprint density at radius 2 is 2.05 bits per heavy atom. The number of amides is 1. The Hall–Kier alpha value is -1.55. The molecule has 116 valence electrons. The molecule has 0 saturated heterocycles. The van der Waals surface area contributed by atoms with Gasteiger partial charge in [-0.3, -0.25) is 4.79 Å². The summed E-state index contributed by atoms with van der Waals surface area (Å²) in [5, 5.41) is 3.57. The van der Waals surface area contributed by atoms with Crippen molar-refractivity contribution in [2.75, 3.05) is 26.7 Å². The highest BCUT2D eigenvalue weighted by Gasteiger charge is 2.19. The summed E-state index contributed by atoms with van der Waals surface area (Å²) in [5.41, 5.74) is 0.656. The number of rotatable bonds is 1. The molecule has 1 aromatic rings. The average Bonchev–Trinajstić information content (AvgIpc) is 2.47. The number of benzene rings is 1. The zero-order valence-electron chi connectivity index (χ0n) is 13.3. The van der Waals surface area contributed by atoms with E-state index in [-0.39, 0.29) is 5.91 Å². The van der Waals surface area contributed by atoms with E-state index in [1.807, 2.05) is 31.3 Å². The number of nitrogens with zero attached hydrogens (tertiary/aromatic N) is 1. The van der Waals surface area contributed by atoms with Crippen molar-refractivity contribution in [3.63, 3.8) is 0 Å². The van der Waals surface area contributed by atoms with Gasteiger partial charge in [0.1, 0.15) is 12.4 Å². The number of fused-ring (bicyclic) bond motifs is 1. The molecule has 1 N–H and O–H groups in total. The molecule has 0 saturated carbocycles. The smallest absolute Gasteiger partial charge is 0.257 e. The van der Waals surface area contributed by atoms with Gasteiger partial charge in [-0.05, 0) is 37.4 Å². The number of carbonyl (C=O) groups is 1. The van der Waals surface area contributed by atoms with Crippen LogP contribution in [0.1, 0.15) is 37.0 Å². The van der Waals surface area contributed by atoms with E-state index in [0.29, 0.717) is 29.9 Å². The lowest BCUT2D eigenvalue weighted by Gasteiger charge is -2.25. The first kappa shape index (κ1) is 15.8. The summed E-state index contributed by atoms with van der Waals surface area (Å²) < 4.78 is 5.94. The summed E-state index contributed by atoms with van der Waals surface area (Å²) in [6.45, 7) is 6.72. The van der Waals surface area contributed by atoms with Crippen LogP contribution >= 0.6 is 0 Å². The van der Waals surface area contributed by atoms with Gasteiger partial charge in [0.2, 0.25) is 0 Å². The maximum atomic E-state index is 12.5. The summed E-state index contributed by atoms with van der Waals surface area (Å²) in [4.78, 5) is 14.3. The molecule has 0 aromatic heterocycles. The molecule has 1 aliphatic rings. The number of nitrogens with one attached hydrogen (secondary N) is 1. The molecule has 2 rings (SSSR count). The van der Waals surface area contributed by atoms with Crippen molar-refractivity contribution in [1.82, 2.24) is 10.2 Å². The summed E-state index contributed by atoms with van der Waals surface area (Å²) in [6, 6.07) is 7.83. The molecule has 1 amide bonds. The largest absolute Gasteiger partial charge is 0.491 e. The van der Waals surface area contributed by atoms with E-state index in [0.717, 1.165) is 25.9 Å². The van der Waals surface area contributed by atoms with E-state index in [4.69, 9.17) is 4.74 Å². The van der Waals surface area contributed by atoms with Crippen LogP contribution in [0.25, 0.3) is 0 Å². The van der Waals surface area contributed by atoms with Crippen LogP contribution in [0.2, 0.25) is 0 Å². The molecule has 1 aromatic carbocycles. The molecule has 4 heteroatoms. The summed E-state index contributed by atoms with van der Waals surface area (Å²) in [7, 11) is 1.86. The highest BCUT2D eigenvalue weighted by Crippen LogP contribution is 2.21. The zero-order valence-corrected chi connectivity index (χ0v) is 13.3. The molecular formula is C17H26N2O2. The quantitative estimate of drug-likeness (QED) is 0.864. The molecular weight excluding hydrogens is 264 g/mol. The van der Waals surface area contributed by atoms with Gasteiger partial charge in [-0.1, -0.05) is 26.0 Å². The number of hydrogen-bond acceptors (Lipinski definition) is 3. The minimum Gasteiger partial charge on any atom is -0.491 e. The van der Waals surface area contributed by atoms with Gasteiger partial charge < -0.3 is 15.0 Å². The molecule has 0 aliphatic carbocycles. The first-order chi connectivity index (χ1) is 10.1. The third-order valence-corrected chi connectivity index (χ3v) is 4.01. The Bertz CT molecular complexity index is 474. The third kappa shape index (κ3) is 4.21. The monoisotopic (exact) mass is 290 g/mol. The number of ether oxygens (including phenoxy) is 1. The molecule has 1 heterocycles. The molecule has 0 bridgehead atoms. The van der Waals surface area contributed by atoms with Gasteiger partial charge in [-0.15, -0.1) is 0 Å². The highest BCUT2D eigenvalue weighted by molar-refractivity contribution is 5.96. The lowest BCUT2D eigenvalue weighted by molar-refractivity contribution is 0.0785. The minimum atomic E-state index is 0.0419. The lowest BCUT2D eigenvalue weighted by atomic mass is 10.0. The van der Waals surface area contributed by atoms with Gasteiger partial charge in [0.25, 0.3) is 5.91 Å². The van der Waals surface area contributed by atoms with E-state index >= 15 is 0 Å². The van der Waals surface area contributed by atoms with Crippen LogP contribution in [0, 0.1) is 5.92 Å². The first-order valence-electron chi connectivity index (χ1n) is 7.80. The number of carbonyl (C=O) groups excluding carboxylic acids is 1. The highest BCUT2D eigenvalue weighted by atomic mass is 16.5. The van der Waals surface area contributed by atoms with Gasteiger partial charge in [0, 0.05) is 19.6 Å². The van der Waals surface area contributed by atoms with Gasteiger partial charge in [0.15, 0.2) is 0 Å². The Morgan fingerprint density at radius 3 is 2.81 bits per heavy atom.